The number of hydrogen-bond acceptors (Lipinski definition) is 4. The molecule has 0 aliphatic heterocycles. The van der Waals surface area contributed by atoms with E-state index in [1.807, 2.05) is 24.3 Å². The summed E-state index contributed by atoms with van der Waals surface area (Å²) in [6.07, 6.45) is 1.69. The fourth-order valence-electron chi connectivity index (χ4n) is 1.67. The number of esters is 1. The van der Waals surface area contributed by atoms with Gasteiger partial charge in [-0.2, -0.15) is 0 Å². The van der Waals surface area contributed by atoms with E-state index in [1.165, 1.54) is 0 Å². The molecule has 2 rings (SSSR count). The maximum atomic E-state index is 11.5. The second kappa shape index (κ2) is 6.47. The molecule has 1 aromatic carbocycles. The lowest BCUT2D eigenvalue weighted by molar-refractivity contribution is -0.152. The molecular weight excluding hydrogens is 256 g/mol. The zero-order valence-corrected chi connectivity index (χ0v) is 11.0. The van der Waals surface area contributed by atoms with Crippen molar-refractivity contribution in [3.63, 3.8) is 0 Å². The van der Waals surface area contributed by atoms with E-state index in [9.17, 15) is 9.59 Å². The predicted molar refractivity (Wildman–Crippen MR) is 74.9 cm³/mol. The maximum Gasteiger partial charge on any atom is 0.397 e. The topological polar surface area (TPSA) is 68.3 Å². The molecular formula is C15H14N2O3. The van der Waals surface area contributed by atoms with E-state index in [-0.39, 0.29) is 6.61 Å². The van der Waals surface area contributed by atoms with Crippen LogP contribution in [0.2, 0.25) is 0 Å². The van der Waals surface area contributed by atoms with Gasteiger partial charge in [0.05, 0.1) is 12.3 Å². The van der Waals surface area contributed by atoms with E-state index in [1.54, 1.807) is 31.3 Å². The highest BCUT2D eigenvalue weighted by molar-refractivity contribution is 6.37. The molecule has 102 valence electrons. The lowest BCUT2D eigenvalue weighted by Gasteiger charge is -2.06. The summed E-state index contributed by atoms with van der Waals surface area (Å²) in [6.45, 7) is 1.81. The molecule has 0 atom stereocenters. The van der Waals surface area contributed by atoms with Gasteiger partial charge in [0.15, 0.2) is 0 Å². The van der Waals surface area contributed by atoms with Gasteiger partial charge in [0.2, 0.25) is 0 Å². The van der Waals surface area contributed by atoms with E-state index < -0.39 is 11.9 Å². The van der Waals surface area contributed by atoms with Crippen LogP contribution in [0.1, 0.15) is 6.92 Å². The van der Waals surface area contributed by atoms with Crippen LogP contribution in [0.25, 0.3) is 11.3 Å². The van der Waals surface area contributed by atoms with Crippen LogP contribution in [0, 0.1) is 0 Å². The second-order valence-corrected chi connectivity index (χ2v) is 3.97. The molecule has 0 spiro atoms. The van der Waals surface area contributed by atoms with Crippen LogP contribution in [-0.4, -0.2) is 23.5 Å². The number of ether oxygens (including phenoxy) is 1. The quantitative estimate of drug-likeness (QED) is 0.686. The smallest absolute Gasteiger partial charge is 0.397 e. The Hall–Kier alpha value is -2.69. The highest BCUT2D eigenvalue weighted by Gasteiger charge is 2.14. The SMILES string of the molecule is CCOC(=O)C(=O)Nc1cccc(-c2ccccn2)c1. The zero-order chi connectivity index (χ0) is 14.4. The number of nitrogens with zero attached hydrogens (tertiary/aromatic N) is 1. The van der Waals surface area contributed by atoms with Gasteiger partial charge in [-0.1, -0.05) is 18.2 Å². The van der Waals surface area contributed by atoms with Gasteiger partial charge in [-0.3, -0.25) is 9.78 Å². The summed E-state index contributed by atoms with van der Waals surface area (Å²) < 4.78 is 4.63. The van der Waals surface area contributed by atoms with E-state index >= 15 is 0 Å². The number of carbonyl (C=O) groups excluding carboxylic acids is 2. The fraction of sp³-hybridized carbons (Fsp3) is 0.133. The number of nitrogens with one attached hydrogen (secondary N) is 1. The summed E-state index contributed by atoms with van der Waals surface area (Å²) in [5.74, 6) is -1.68. The number of aromatic nitrogens is 1. The van der Waals surface area contributed by atoms with Crippen LogP contribution < -0.4 is 5.32 Å². The van der Waals surface area contributed by atoms with Crippen LogP contribution >= 0.6 is 0 Å². The van der Waals surface area contributed by atoms with Crippen molar-refractivity contribution in [1.82, 2.24) is 4.98 Å². The average Bonchev–Trinajstić information content (AvgIpc) is 2.48. The van der Waals surface area contributed by atoms with Crippen molar-refractivity contribution in [3.05, 3.63) is 48.7 Å². The minimum Gasteiger partial charge on any atom is -0.459 e. The molecule has 5 heteroatoms. The molecule has 1 N–H and O–H groups in total. The number of pyridine rings is 1. The molecule has 2 aromatic rings. The van der Waals surface area contributed by atoms with E-state index in [0.29, 0.717) is 5.69 Å². The summed E-state index contributed by atoms with van der Waals surface area (Å²) >= 11 is 0. The molecule has 0 aliphatic rings. The molecule has 20 heavy (non-hydrogen) atoms. The van der Waals surface area contributed by atoms with Gasteiger partial charge in [0, 0.05) is 17.4 Å². The third kappa shape index (κ3) is 3.41. The van der Waals surface area contributed by atoms with Gasteiger partial charge in [0.1, 0.15) is 0 Å². The summed E-state index contributed by atoms with van der Waals surface area (Å²) in [7, 11) is 0. The number of hydrogen-bond donors (Lipinski definition) is 1. The highest BCUT2D eigenvalue weighted by atomic mass is 16.5. The minimum atomic E-state index is -0.893. The third-order valence-corrected chi connectivity index (χ3v) is 2.54. The van der Waals surface area contributed by atoms with Crippen LogP contribution in [0.15, 0.2) is 48.7 Å². The van der Waals surface area contributed by atoms with Crippen molar-refractivity contribution in [2.45, 2.75) is 6.92 Å². The van der Waals surface area contributed by atoms with Gasteiger partial charge in [-0.25, -0.2) is 4.79 Å². The van der Waals surface area contributed by atoms with Gasteiger partial charge >= 0.3 is 11.9 Å². The van der Waals surface area contributed by atoms with Gasteiger partial charge in [-0.05, 0) is 31.2 Å². The van der Waals surface area contributed by atoms with Crippen molar-refractivity contribution in [3.8, 4) is 11.3 Å². The summed E-state index contributed by atoms with van der Waals surface area (Å²) in [6, 6.07) is 12.7. The maximum absolute atomic E-state index is 11.5. The minimum absolute atomic E-state index is 0.167. The first-order chi connectivity index (χ1) is 9.70. The molecule has 1 aromatic heterocycles. The number of amides is 1. The molecule has 0 unspecified atom stereocenters. The van der Waals surface area contributed by atoms with Crippen molar-refractivity contribution < 1.29 is 14.3 Å². The predicted octanol–water partition coefficient (Wildman–Crippen LogP) is 2.25. The van der Waals surface area contributed by atoms with E-state index in [0.717, 1.165) is 11.3 Å². The Morgan fingerprint density at radius 2 is 2.05 bits per heavy atom. The van der Waals surface area contributed by atoms with Crippen molar-refractivity contribution in [1.29, 1.82) is 0 Å². The average molecular weight is 270 g/mol. The van der Waals surface area contributed by atoms with Crippen LogP contribution in [0.5, 0.6) is 0 Å². The Labute approximate surface area is 116 Å². The lowest BCUT2D eigenvalue weighted by Crippen LogP contribution is -2.24. The first-order valence-corrected chi connectivity index (χ1v) is 6.20. The number of anilines is 1. The monoisotopic (exact) mass is 270 g/mol. The molecule has 0 saturated heterocycles. The highest BCUT2D eigenvalue weighted by Crippen LogP contribution is 2.20. The summed E-state index contributed by atoms with van der Waals surface area (Å²) in [5, 5.41) is 2.50. The Morgan fingerprint density at radius 3 is 2.75 bits per heavy atom. The molecule has 0 bridgehead atoms. The summed E-state index contributed by atoms with van der Waals surface area (Å²) in [5.41, 5.74) is 2.16. The van der Waals surface area contributed by atoms with Crippen LogP contribution in [0.4, 0.5) is 5.69 Å². The Morgan fingerprint density at radius 1 is 1.20 bits per heavy atom. The molecule has 1 amide bonds. The van der Waals surface area contributed by atoms with E-state index in [4.69, 9.17) is 0 Å². The first kappa shape index (κ1) is 13.7. The number of rotatable bonds is 3. The van der Waals surface area contributed by atoms with Crippen molar-refractivity contribution >= 4 is 17.6 Å². The van der Waals surface area contributed by atoms with Crippen molar-refractivity contribution in [2.75, 3.05) is 11.9 Å². The summed E-state index contributed by atoms with van der Waals surface area (Å²) in [4.78, 5) is 27.0. The zero-order valence-electron chi connectivity index (χ0n) is 11.0. The molecule has 0 radical (unpaired) electrons. The van der Waals surface area contributed by atoms with Crippen LogP contribution in [0.3, 0.4) is 0 Å². The second-order valence-electron chi connectivity index (χ2n) is 3.97. The fourth-order valence-corrected chi connectivity index (χ4v) is 1.67. The Balaban J connectivity index is 2.15. The molecule has 0 aliphatic carbocycles. The number of carbonyl (C=O) groups is 2. The molecule has 0 fully saturated rings. The Kier molecular flexibility index (Phi) is 4.44. The molecule has 1 heterocycles. The molecule has 5 nitrogen and oxygen atoms in total. The van der Waals surface area contributed by atoms with Gasteiger partial charge in [0.25, 0.3) is 0 Å². The van der Waals surface area contributed by atoms with Gasteiger partial charge < -0.3 is 10.1 Å². The third-order valence-electron chi connectivity index (χ3n) is 2.54. The Bertz CT molecular complexity index is 612. The molecule has 0 saturated carbocycles. The van der Waals surface area contributed by atoms with Crippen molar-refractivity contribution in [2.24, 2.45) is 0 Å². The number of benzene rings is 1. The van der Waals surface area contributed by atoms with Gasteiger partial charge in [-0.15, -0.1) is 0 Å². The largest absolute Gasteiger partial charge is 0.459 e. The first-order valence-electron chi connectivity index (χ1n) is 6.20. The van der Waals surface area contributed by atoms with E-state index in [2.05, 4.69) is 15.0 Å². The van der Waals surface area contributed by atoms with Crippen LogP contribution in [-0.2, 0) is 14.3 Å². The standard InChI is InChI=1S/C15H14N2O3/c1-2-20-15(19)14(18)17-12-7-5-6-11(10-12)13-8-3-4-9-16-13/h3-10H,2H2,1H3,(H,17,18). The normalized spacial score (nSPS) is 9.85. The lowest BCUT2D eigenvalue weighted by atomic mass is 10.1.